The van der Waals surface area contributed by atoms with Gasteiger partial charge in [-0.15, -0.1) is 0 Å². The highest BCUT2D eigenvalue weighted by Crippen LogP contribution is 2.41. The lowest BCUT2D eigenvalue weighted by Gasteiger charge is -2.13. The summed E-state index contributed by atoms with van der Waals surface area (Å²) in [4.78, 5) is 13.1. The van der Waals surface area contributed by atoms with E-state index in [-0.39, 0.29) is 15.8 Å². The lowest BCUT2D eigenvalue weighted by Crippen LogP contribution is -2.24. The molecule has 0 fully saturated rings. The first-order valence-electron chi connectivity index (χ1n) is 10.5. The fourth-order valence-electron chi connectivity index (χ4n) is 3.85. The highest BCUT2D eigenvalue weighted by Gasteiger charge is 2.22. The van der Waals surface area contributed by atoms with Gasteiger partial charge >= 0.3 is 5.97 Å². The van der Waals surface area contributed by atoms with Gasteiger partial charge in [0, 0.05) is 21.9 Å². The van der Waals surface area contributed by atoms with Gasteiger partial charge in [-0.05, 0) is 36.4 Å². The molecule has 35 heavy (non-hydrogen) atoms. The second-order valence-corrected chi connectivity index (χ2v) is 8.42. The molecule has 0 spiro atoms. The van der Waals surface area contributed by atoms with Crippen LogP contribution in [0.2, 0.25) is 10.0 Å². The molecular formula is C27H17Cl2NO5. The molecule has 8 heteroatoms. The zero-order valence-corrected chi connectivity index (χ0v) is 19.8. The van der Waals surface area contributed by atoms with Crippen molar-refractivity contribution in [2.45, 2.75) is 0 Å². The normalized spacial score (nSPS) is 11.7. The molecule has 0 amide bonds. The number of benzene rings is 3. The van der Waals surface area contributed by atoms with E-state index in [1.165, 1.54) is 18.5 Å². The van der Waals surface area contributed by atoms with Crippen molar-refractivity contribution in [3.8, 4) is 5.75 Å². The number of aromatic nitrogens is 1. The topological polar surface area (TPSA) is 75.6 Å². The molecule has 0 aliphatic heterocycles. The Labute approximate surface area is 210 Å². The summed E-state index contributed by atoms with van der Waals surface area (Å²) in [6.45, 7) is 0. The summed E-state index contributed by atoms with van der Waals surface area (Å²) in [6, 6.07) is 19.6. The minimum Gasteiger partial charge on any atom is -0.619 e. The number of rotatable bonds is 5. The van der Waals surface area contributed by atoms with Crippen LogP contribution in [0.25, 0.3) is 33.8 Å². The molecule has 0 N–H and O–H groups in total. The molecule has 3 aromatic carbocycles. The summed E-state index contributed by atoms with van der Waals surface area (Å²) < 4.78 is 18.0. The van der Waals surface area contributed by atoms with Gasteiger partial charge in [0.2, 0.25) is 0 Å². The third-order valence-corrected chi connectivity index (χ3v) is 6.06. The Kier molecular flexibility index (Phi) is 6.07. The number of fused-ring (bicyclic) bond motifs is 3. The molecule has 0 radical (unpaired) electrons. The number of nitrogens with zero attached hydrogens (tertiary/aromatic N) is 1. The minimum atomic E-state index is -0.573. The van der Waals surface area contributed by atoms with E-state index in [1.807, 2.05) is 24.3 Å². The Bertz CT molecular complexity index is 1590. The number of carbonyl (C=O) groups is 1. The van der Waals surface area contributed by atoms with Gasteiger partial charge in [-0.1, -0.05) is 59.6 Å². The number of pyridine rings is 1. The predicted molar refractivity (Wildman–Crippen MR) is 135 cm³/mol. The van der Waals surface area contributed by atoms with Gasteiger partial charge in [0.05, 0.1) is 12.7 Å². The molecule has 2 aromatic heterocycles. The summed E-state index contributed by atoms with van der Waals surface area (Å²) in [5.74, 6) is 0.123. The summed E-state index contributed by atoms with van der Waals surface area (Å²) in [6.07, 6.45) is 3.88. The van der Waals surface area contributed by atoms with Gasteiger partial charge in [-0.2, -0.15) is 4.73 Å². The van der Waals surface area contributed by atoms with E-state index in [9.17, 15) is 10.0 Å². The van der Waals surface area contributed by atoms with E-state index in [1.54, 1.807) is 49.6 Å². The highest BCUT2D eigenvalue weighted by molar-refractivity contribution is 6.37. The molecule has 0 unspecified atom stereocenters. The van der Waals surface area contributed by atoms with E-state index < -0.39 is 5.97 Å². The molecular weight excluding hydrogens is 489 g/mol. The van der Waals surface area contributed by atoms with Gasteiger partial charge in [0.1, 0.15) is 21.4 Å². The van der Waals surface area contributed by atoms with Gasteiger partial charge < -0.3 is 19.1 Å². The smallest absolute Gasteiger partial charge is 0.343 e. The Morgan fingerprint density at radius 3 is 2.37 bits per heavy atom. The van der Waals surface area contributed by atoms with Crippen molar-refractivity contribution in [2.75, 3.05) is 7.11 Å². The zero-order chi connectivity index (χ0) is 24.5. The molecule has 6 nitrogen and oxygen atoms in total. The maximum atomic E-state index is 13.1. The molecule has 0 saturated carbocycles. The average molecular weight is 506 g/mol. The van der Waals surface area contributed by atoms with Crippen LogP contribution < -0.4 is 9.47 Å². The maximum Gasteiger partial charge on any atom is 0.343 e. The van der Waals surface area contributed by atoms with Crippen LogP contribution in [-0.4, -0.2) is 13.1 Å². The SMILES string of the molecule is COc1ccc(/C(=C\c2c(Cl)c[n+]([O-])cc2Cl)OC(=O)c2ccccc2)c2c1oc1ccccc12. The largest absolute Gasteiger partial charge is 0.619 e. The maximum absolute atomic E-state index is 13.1. The highest BCUT2D eigenvalue weighted by atomic mass is 35.5. The minimum absolute atomic E-state index is 0.0996. The third kappa shape index (κ3) is 4.30. The van der Waals surface area contributed by atoms with Crippen LogP contribution in [0.4, 0.5) is 0 Å². The standard InChI is InChI=1S/C27H17Cl2NO5/c1-33-23-12-11-18(25-17-9-5-6-10-22(17)34-26(23)25)24(35-27(31)16-7-3-2-4-8-16)13-19-20(28)14-30(32)15-21(19)29/h2-15H,1H3/b24-13+. The van der Waals surface area contributed by atoms with Crippen molar-refractivity contribution in [2.24, 2.45) is 0 Å². The molecule has 0 bridgehead atoms. The van der Waals surface area contributed by atoms with Gasteiger partial charge in [-0.3, -0.25) is 0 Å². The monoisotopic (exact) mass is 505 g/mol. The Morgan fingerprint density at radius 1 is 0.971 bits per heavy atom. The van der Waals surface area contributed by atoms with Crippen LogP contribution in [0.3, 0.4) is 0 Å². The molecule has 0 aliphatic rings. The fraction of sp³-hybridized carbons (Fsp3) is 0.0370. The molecule has 5 aromatic rings. The number of methoxy groups -OCH3 is 1. The number of para-hydroxylation sites is 1. The van der Waals surface area contributed by atoms with E-state index in [4.69, 9.17) is 37.1 Å². The number of hydrogen-bond donors (Lipinski definition) is 0. The van der Waals surface area contributed by atoms with Crippen LogP contribution in [0, 0.1) is 5.21 Å². The lowest BCUT2D eigenvalue weighted by atomic mass is 10.0. The van der Waals surface area contributed by atoms with Crippen molar-refractivity contribution in [3.05, 3.63) is 111 Å². The van der Waals surface area contributed by atoms with Crippen molar-refractivity contribution in [3.63, 3.8) is 0 Å². The number of halogens is 2. The van der Waals surface area contributed by atoms with Crippen LogP contribution >= 0.6 is 23.2 Å². The zero-order valence-electron chi connectivity index (χ0n) is 18.3. The second-order valence-electron chi connectivity index (χ2n) is 7.61. The lowest BCUT2D eigenvalue weighted by molar-refractivity contribution is -0.605. The first-order valence-corrected chi connectivity index (χ1v) is 11.3. The van der Waals surface area contributed by atoms with Crippen LogP contribution in [0.1, 0.15) is 21.5 Å². The number of ether oxygens (including phenoxy) is 2. The predicted octanol–water partition coefficient (Wildman–Crippen LogP) is 6.89. The van der Waals surface area contributed by atoms with Crippen molar-refractivity contribution in [1.29, 1.82) is 0 Å². The third-order valence-electron chi connectivity index (χ3n) is 5.46. The number of furan rings is 1. The molecule has 174 valence electrons. The van der Waals surface area contributed by atoms with Crippen molar-refractivity contribution < 1.29 is 23.4 Å². The molecule has 2 heterocycles. The fourth-order valence-corrected chi connectivity index (χ4v) is 4.40. The first-order chi connectivity index (χ1) is 17.0. The number of esters is 1. The number of carbonyl (C=O) groups excluding carboxylic acids is 1. The van der Waals surface area contributed by atoms with Crippen LogP contribution in [0.5, 0.6) is 5.75 Å². The Hall–Kier alpha value is -4.00. The molecule has 0 atom stereocenters. The quantitative estimate of drug-likeness (QED) is 0.112. The Balaban J connectivity index is 1.77. The summed E-state index contributed by atoms with van der Waals surface area (Å²) in [7, 11) is 1.55. The average Bonchev–Trinajstić information content (AvgIpc) is 3.25. The van der Waals surface area contributed by atoms with Crippen LogP contribution in [-0.2, 0) is 4.74 Å². The van der Waals surface area contributed by atoms with E-state index in [2.05, 4.69) is 0 Å². The number of hydrogen-bond acceptors (Lipinski definition) is 5. The van der Waals surface area contributed by atoms with Gasteiger partial charge in [-0.25, -0.2) is 4.79 Å². The summed E-state index contributed by atoms with van der Waals surface area (Å²) in [5, 5.41) is 13.4. The summed E-state index contributed by atoms with van der Waals surface area (Å²) >= 11 is 12.7. The van der Waals surface area contributed by atoms with Crippen molar-refractivity contribution >= 4 is 62.9 Å². The summed E-state index contributed by atoms with van der Waals surface area (Å²) in [5.41, 5.74) is 2.39. The van der Waals surface area contributed by atoms with E-state index >= 15 is 0 Å². The molecule has 5 rings (SSSR count). The van der Waals surface area contributed by atoms with Gasteiger partial charge in [0.15, 0.2) is 23.7 Å². The van der Waals surface area contributed by atoms with E-state index in [0.29, 0.717) is 43.7 Å². The van der Waals surface area contributed by atoms with E-state index in [0.717, 1.165) is 5.39 Å². The molecule has 0 aliphatic carbocycles. The Morgan fingerprint density at radius 2 is 1.66 bits per heavy atom. The second kappa shape index (κ2) is 9.33. The molecule has 0 saturated heterocycles. The first kappa shape index (κ1) is 22.8. The van der Waals surface area contributed by atoms with Crippen molar-refractivity contribution in [1.82, 2.24) is 0 Å². The van der Waals surface area contributed by atoms with Gasteiger partial charge in [0.25, 0.3) is 0 Å². The van der Waals surface area contributed by atoms with Crippen LogP contribution in [0.15, 0.2) is 83.5 Å².